The zero-order chi connectivity index (χ0) is 7.23. The molecule has 0 aromatic carbocycles. The largest absolute Gasteiger partial charge is 0.0625 e. The van der Waals surface area contributed by atoms with Gasteiger partial charge in [0.1, 0.15) is 0 Å². The van der Waals surface area contributed by atoms with E-state index in [0.717, 1.165) is 5.92 Å². The van der Waals surface area contributed by atoms with E-state index in [0.29, 0.717) is 0 Å². The van der Waals surface area contributed by atoms with Gasteiger partial charge < -0.3 is 0 Å². The molecule has 2 rings (SSSR count). The van der Waals surface area contributed by atoms with E-state index in [1.807, 2.05) is 0 Å². The second kappa shape index (κ2) is 4.76. The Balaban J connectivity index is 0.0000001000. The third-order valence-electron chi connectivity index (χ3n) is 2.64. The summed E-state index contributed by atoms with van der Waals surface area (Å²) in [5, 5.41) is 0. The van der Waals surface area contributed by atoms with E-state index in [4.69, 9.17) is 0 Å². The van der Waals surface area contributed by atoms with Gasteiger partial charge in [-0.1, -0.05) is 58.3 Å². The Bertz CT molecular complexity index is 60.5. The van der Waals surface area contributed by atoms with Crippen LogP contribution in [-0.4, -0.2) is 0 Å². The summed E-state index contributed by atoms with van der Waals surface area (Å²) in [6, 6.07) is 0. The van der Waals surface area contributed by atoms with Crippen molar-refractivity contribution in [1.29, 1.82) is 0 Å². The second-order valence-electron chi connectivity index (χ2n) is 3.80. The van der Waals surface area contributed by atoms with Gasteiger partial charge in [-0.15, -0.1) is 0 Å². The Labute approximate surface area is 65.0 Å². The van der Waals surface area contributed by atoms with Gasteiger partial charge in [0.25, 0.3) is 0 Å². The smallest absolute Gasteiger partial charge is 0.0443 e. The van der Waals surface area contributed by atoms with Gasteiger partial charge >= 0.3 is 0 Å². The molecule has 0 unspecified atom stereocenters. The molecule has 0 bridgehead atoms. The van der Waals surface area contributed by atoms with Crippen LogP contribution in [0.2, 0.25) is 0 Å². The highest BCUT2D eigenvalue weighted by Gasteiger charge is 2.09. The quantitative estimate of drug-likeness (QED) is 0.480. The molecule has 0 amide bonds. The van der Waals surface area contributed by atoms with E-state index in [2.05, 4.69) is 6.92 Å². The van der Waals surface area contributed by atoms with Gasteiger partial charge in [-0.05, 0) is 5.92 Å². The summed E-state index contributed by atoms with van der Waals surface area (Å²) in [4.78, 5) is 0. The Morgan fingerprint density at radius 3 is 1.10 bits per heavy atom. The molecule has 0 saturated heterocycles. The maximum absolute atomic E-state index is 2.31. The van der Waals surface area contributed by atoms with Crippen LogP contribution in [0.4, 0.5) is 0 Å². The van der Waals surface area contributed by atoms with Gasteiger partial charge in [-0.2, -0.15) is 0 Å². The summed E-state index contributed by atoms with van der Waals surface area (Å²) in [7, 11) is 0. The molecule has 0 aromatic rings. The van der Waals surface area contributed by atoms with Crippen LogP contribution in [0.3, 0.4) is 0 Å². The van der Waals surface area contributed by atoms with Gasteiger partial charge in [0, 0.05) is 0 Å². The lowest BCUT2D eigenvalue weighted by Crippen LogP contribution is -2.04. The summed E-state index contributed by atoms with van der Waals surface area (Å²) in [6.45, 7) is 2.31. The summed E-state index contributed by atoms with van der Waals surface area (Å²) in [5.74, 6) is 1.06. The van der Waals surface area contributed by atoms with Crippen molar-refractivity contribution in [2.45, 2.75) is 58.3 Å². The van der Waals surface area contributed by atoms with E-state index < -0.39 is 0 Å². The Morgan fingerprint density at radius 1 is 0.700 bits per heavy atom. The highest BCUT2D eigenvalue weighted by atomic mass is 14.1. The van der Waals surface area contributed by atoms with Crippen molar-refractivity contribution in [2.24, 2.45) is 5.92 Å². The average molecular weight is 140 g/mol. The van der Waals surface area contributed by atoms with Crippen LogP contribution >= 0.6 is 0 Å². The SMILES string of the molecule is C1CCCC1.CC1CCC1. The minimum atomic E-state index is 1.06. The molecule has 0 heteroatoms. The van der Waals surface area contributed by atoms with E-state index in [9.17, 15) is 0 Å². The molecular weight excluding hydrogens is 120 g/mol. The van der Waals surface area contributed by atoms with Crippen molar-refractivity contribution < 1.29 is 0 Å². The van der Waals surface area contributed by atoms with Gasteiger partial charge in [-0.3, -0.25) is 0 Å². The summed E-state index contributed by atoms with van der Waals surface area (Å²) >= 11 is 0. The average Bonchev–Trinajstić information content (AvgIpc) is 2.38. The minimum absolute atomic E-state index is 1.06. The molecule has 2 aliphatic carbocycles. The Morgan fingerprint density at radius 2 is 1.00 bits per heavy atom. The number of hydrogen-bond acceptors (Lipinski definition) is 0. The fourth-order valence-electron chi connectivity index (χ4n) is 1.50. The predicted octanol–water partition coefficient (Wildman–Crippen LogP) is 3.76. The summed E-state index contributed by atoms with van der Waals surface area (Å²) < 4.78 is 0. The molecular formula is C10H20. The van der Waals surface area contributed by atoms with Crippen LogP contribution in [0.25, 0.3) is 0 Å². The standard InChI is InChI=1S/2C5H10/c1-5-3-2-4-5;1-2-4-5-3-1/h5H,2-4H2,1H3;1-5H2. The van der Waals surface area contributed by atoms with Crippen molar-refractivity contribution in [2.75, 3.05) is 0 Å². The van der Waals surface area contributed by atoms with Crippen LogP contribution in [-0.2, 0) is 0 Å². The predicted molar refractivity (Wildman–Crippen MR) is 46.1 cm³/mol. The molecule has 0 nitrogen and oxygen atoms in total. The molecule has 0 N–H and O–H groups in total. The van der Waals surface area contributed by atoms with Gasteiger partial charge in [0.05, 0.1) is 0 Å². The first-order valence-corrected chi connectivity index (χ1v) is 4.89. The van der Waals surface area contributed by atoms with Crippen LogP contribution < -0.4 is 0 Å². The van der Waals surface area contributed by atoms with E-state index in [1.165, 1.54) is 51.4 Å². The molecule has 0 aromatic heterocycles. The molecule has 0 heterocycles. The zero-order valence-electron chi connectivity index (χ0n) is 7.23. The van der Waals surface area contributed by atoms with Crippen molar-refractivity contribution in [3.63, 3.8) is 0 Å². The number of hydrogen-bond donors (Lipinski definition) is 0. The van der Waals surface area contributed by atoms with Crippen LogP contribution in [0.15, 0.2) is 0 Å². The van der Waals surface area contributed by atoms with Crippen LogP contribution in [0.5, 0.6) is 0 Å². The Kier molecular flexibility index (Phi) is 3.86. The first-order chi connectivity index (χ1) is 4.89. The topological polar surface area (TPSA) is 0 Å². The van der Waals surface area contributed by atoms with E-state index in [1.54, 1.807) is 0 Å². The molecule has 0 aliphatic heterocycles. The van der Waals surface area contributed by atoms with Gasteiger partial charge in [-0.25, -0.2) is 0 Å². The second-order valence-corrected chi connectivity index (χ2v) is 3.80. The summed E-state index contributed by atoms with van der Waals surface area (Å²) in [5.41, 5.74) is 0. The fourth-order valence-corrected chi connectivity index (χ4v) is 1.50. The van der Waals surface area contributed by atoms with Crippen molar-refractivity contribution in [3.8, 4) is 0 Å². The molecule has 10 heavy (non-hydrogen) atoms. The summed E-state index contributed by atoms with van der Waals surface area (Å²) in [6.07, 6.45) is 12.0. The third-order valence-corrected chi connectivity index (χ3v) is 2.64. The molecule has 0 spiro atoms. The molecule has 2 fully saturated rings. The number of rotatable bonds is 0. The maximum Gasteiger partial charge on any atom is -0.0443 e. The van der Waals surface area contributed by atoms with Crippen LogP contribution in [0.1, 0.15) is 58.3 Å². The molecule has 0 radical (unpaired) electrons. The minimum Gasteiger partial charge on any atom is -0.0625 e. The van der Waals surface area contributed by atoms with E-state index in [-0.39, 0.29) is 0 Å². The van der Waals surface area contributed by atoms with E-state index >= 15 is 0 Å². The lowest BCUT2D eigenvalue weighted by atomic mass is 9.88. The van der Waals surface area contributed by atoms with Gasteiger partial charge in [0.2, 0.25) is 0 Å². The van der Waals surface area contributed by atoms with Crippen molar-refractivity contribution >= 4 is 0 Å². The lowest BCUT2D eigenvalue weighted by molar-refractivity contribution is 0.346. The first-order valence-electron chi connectivity index (χ1n) is 4.89. The normalized spacial score (nSPS) is 24.9. The first kappa shape index (κ1) is 8.10. The zero-order valence-corrected chi connectivity index (χ0v) is 7.23. The third kappa shape index (κ3) is 3.24. The molecule has 2 aliphatic rings. The molecule has 2 saturated carbocycles. The Hall–Kier alpha value is 0. The maximum atomic E-state index is 2.31. The fraction of sp³-hybridized carbons (Fsp3) is 1.00. The molecule has 0 atom stereocenters. The van der Waals surface area contributed by atoms with Crippen molar-refractivity contribution in [3.05, 3.63) is 0 Å². The highest BCUT2D eigenvalue weighted by Crippen LogP contribution is 2.24. The highest BCUT2D eigenvalue weighted by molar-refractivity contribution is 4.62. The van der Waals surface area contributed by atoms with Gasteiger partial charge in [0.15, 0.2) is 0 Å². The monoisotopic (exact) mass is 140 g/mol. The van der Waals surface area contributed by atoms with Crippen molar-refractivity contribution in [1.82, 2.24) is 0 Å². The molecule has 60 valence electrons. The lowest BCUT2D eigenvalue weighted by Gasteiger charge is -2.18. The van der Waals surface area contributed by atoms with Crippen LogP contribution in [0, 0.1) is 5.92 Å².